The van der Waals surface area contributed by atoms with Gasteiger partial charge in [0.1, 0.15) is 0 Å². The first-order valence-electron chi connectivity index (χ1n) is 5.30. The molecule has 0 aliphatic heterocycles. The summed E-state index contributed by atoms with van der Waals surface area (Å²) in [5.41, 5.74) is 0.00669. The summed E-state index contributed by atoms with van der Waals surface area (Å²) in [4.78, 5) is 11.2. The first-order chi connectivity index (χ1) is 7.34. The van der Waals surface area contributed by atoms with Crippen LogP contribution in [0.1, 0.15) is 11.7 Å². The lowest BCUT2D eigenvalue weighted by Crippen LogP contribution is -2.37. The van der Waals surface area contributed by atoms with Crippen molar-refractivity contribution in [1.82, 2.24) is 0 Å². The number of rotatable bonds is 4. The Hall–Kier alpha value is -1.13. The minimum atomic E-state index is -1.95. The highest BCUT2D eigenvalue weighted by atomic mass is 28.3. The summed E-state index contributed by atoms with van der Waals surface area (Å²) in [7, 11) is -1.95. The summed E-state index contributed by atoms with van der Waals surface area (Å²) in [5, 5.41) is 19.4. The molecule has 0 spiro atoms. The van der Waals surface area contributed by atoms with Crippen LogP contribution in [0.4, 0.5) is 0 Å². The van der Waals surface area contributed by atoms with Gasteiger partial charge in [0.15, 0.2) is 0 Å². The van der Waals surface area contributed by atoms with Crippen molar-refractivity contribution < 1.29 is 15.0 Å². The van der Waals surface area contributed by atoms with Gasteiger partial charge in [0, 0.05) is 0 Å². The Balaban J connectivity index is 3.02. The minimum absolute atomic E-state index is 0.671. The van der Waals surface area contributed by atoms with Crippen molar-refractivity contribution in [1.29, 1.82) is 0 Å². The highest BCUT2D eigenvalue weighted by molar-refractivity contribution is 6.80. The van der Waals surface area contributed by atoms with Crippen molar-refractivity contribution in [2.45, 2.75) is 31.3 Å². The molecule has 4 heteroatoms. The molecule has 1 aromatic rings. The van der Waals surface area contributed by atoms with Gasteiger partial charge in [0.25, 0.3) is 0 Å². The molecule has 2 N–H and O–H groups in total. The highest BCUT2D eigenvalue weighted by Crippen LogP contribution is 2.35. The Morgan fingerprint density at radius 2 is 1.69 bits per heavy atom. The second kappa shape index (κ2) is 4.80. The van der Waals surface area contributed by atoms with Gasteiger partial charge in [0.2, 0.25) is 0 Å². The Bertz CT molecular complexity index is 356. The van der Waals surface area contributed by atoms with Crippen LogP contribution in [0, 0.1) is 0 Å². The molecule has 0 saturated carbocycles. The summed E-state index contributed by atoms with van der Waals surface area (Å²) in [6, 6.07) is 8.99. The van der Waals surface area contributed by atoms with Crippen molar-refractivity contribution in [3.8, 4) is 0 Å². The third kappa shape index (κ3) is 2.93. The largest absolute Gasteiger partial charge is 0.481 e. The Labute approximate surface area is 96.8 Å². The van der Waals surface area contributed by atoms with Crippen molar-refractivity contribution in [2.75, 3.05) is 0 Å². The van der Waals surface area contributed by atoms with Gasteiger partial charge in [-0.05, 0) is 5.56 Å². The van der Waals surface area contributed by atoms with Crippen molar-refractivity contribution in [3.63, 3.8) is 0 Å². The van der Waals surface area contributed by atoms with Crippen LogP contribution in [0.25, 0.3) is 0 Å². The van der Waals surface area contributed by atoms with E-state index in [0.29, 0.717) is 5.56 Å². The van der Waals surface area contributed by atoms with Gasteiger partial charge in [-0.2, -0.15) is 0 Å². The fourth-order valence-corrected chi connectivity index (χ4v) is 3.70. The summed E-state index contributed by atoms with van der Waals surface area (Å²) >= 11 is 0. The summed E-state index contributed by atoms with van der Waals surface area (Å²) in [6.07, 6.45) is -0.912. The molecule has 0 aliphatic carbocycles. The molecule has 88 valence electrons. The third-order valence-electron chi connectivity index (χ3n) is 2.66. The number of benzene rings is 1. The summed E-state index contributed by atoms with van der Waals surface area (Å²) in [6.45, 7) is 5.87. The topological polar surface area (TPSA) is 57.5 Å². The van der Waals surface area contributed by atoms with Gasteiger partial charge in [0.05, 0.1) is 19.7 Å². The van der Waals surface area contributed by atoms with Crippen LogP contribution in [0.2, 0.25) is 25.2 Å². The van der Waals surface area contributed by atoms with Gasteiger partial charge in [-0.3, -0.25) is 4.79 Å². The molecule has 16 heavy (non-hydrogen) atoms. The normalized spacial score (nSPS) is 15.5. The number of carbonyl (C=O) groups is 1. The van der Waals surface area contributed by atoms with E-state index in [9.17, 15) is 15.0 Å². The lowest BCUT2D eigenvalue weighted by Gasteiger charge is -2.29. The van der Waals surface area contributed by atoms with Crippen LogP contribution in [0.15, 0.2) is 30.3 Å². The fourth-order valence-electron chi connectivity index (χ4n) is 1.82. The maximum Gasteiger partial charge on any atom is 0.306 e. The molecule has 0 aliphatic rings. The molecule has 0 fully saturated rings. The Morgan fingerprint density at radius 3 is 2.06 bits per heavy atom. The van der Waals surface area contributed by atoms with E-state index in [1.54, 1.807) is 12.1 Å². The molecule has 2 unspecified atom stereocenters. The van der Waals surface area contributed by atoms with Crippen molar-refractivity contribution >= 4 is 14.0 Å². The molecule has 2 atom stereocenters. The third-order valence-corrected chi connectivity index (χ3v) is 5.08. The zero-order chi connectivity index (χ0) is 12.3. The number of aliphatic hydroxyl groups is 1. The van der Waals surface area contributed by atoms with Gasteiger partial charge in [-0.25, -0.2) is 0 Å². The zero-order valence-electron chi connectivity index (χ0n) is 9.84. The predicted molar refractivity (Wildman–Crippen MR) is 66.1 cm³/mol. The Kier molecular flexibility index (Phi) is 3.88. The van der Waals surface area contributed by atoms with Crippen molar-refractivity contribution in [2.24, 2.45) is 0 Å². The monoisotopic (exact) mass is 238 g/mol. The maximum atomic E-state index is 11.2. The van der Waals surface area contributed by atoms with Crippen LogP contribution >= 0.6 is 0 Å². The molecular formula is C12H18O3Si. The number of hydrogen-bond acceptors (Lipinski definition) is 2. The zero-order valence-corrected chi connectivity index (χ0v) is 10.8. The van der Waals surface area contributed by atoms with Gasteiger partial charge >= 0.3 is 5.97 Å². The van der Waals surface area contributed by atoms with Crippen LogP contribution in [0.5, 0.6) is 0 Å². The van der Waals surface area contributed by atoms with E-state index < -0.39 is 25.7 Å². The van der Waals surface area contributed by atoms with Crippen LogP contribution in [-0.2, 0) is 4.79 Å². The number of carboxylic acid groups (broad SMARTS) is 1. The standard InChI is InChI=1S/C12H18O3Si/c1-16(2,3)11(12(14)15)10(13)9-7-5-4-6-8-9/h4-8,10-11,13H,1-3H3,(H,14,15). The van der Waals surface area contributed by atoms with E-state index in [4.69, 9.17) is 0 Å². The number of aliphatic hydroxyl groups excluding tert-OH is 1. The SMILES string of the molecule is C[Si](C)(C)C(C(=O)O)C(O)c1ccccc1. The van der Waals surface area contributed by atoms with E-state index in [1.165, 1.54) is 0 Å². The second-order valence-electron chi connectivity index (χ2n) is 5.04. The molecule has 0 radical (unpaired) electrons. The summed E-state index contributed by atoms with van der Waals surface area (Å²) < 4.78 is 0. The van der Waals surface area contributed by atoms with Crippen LogP contribution in [0.3, 0.4) is 0 Å². The van der Waals surface area contributed by atoms with E-state index in [2.05, 4.69) is 0 Å². The fraction of sp³-hybridized carbons (Fsp3) is 0.417. The number of hydrogen-bond donors (Lipinski definition) is 2. The lowest BCUT2D eigenvalue weighted by molar-refractivity contribution is -0.139. The van der Waals surface area contributed by atoms with E-state index in [1.807, 2.05) is 37.8 Å². The number of aliphatic carboxylic acids is 1. The van der Waals surface area contributed by atoms with Gasteiger partial charge in [-0.1, -0.05) is 50.0 Å². The molecule has 3 nitrogen and oxygen atoms in total. The van der Waals surface area contributed by atoms with E-state index >= 15 is 0 Å². The van der Waals surface area contributed by atoms with Crippen LogP contribution in [-0.4, -0.2) is 24.3 Å². The first kappa shape index (κ1) is 12.9. The quantitative estimate of drug-likeness (QED) is 0.792. The van der Waals surface area contributed by atoms with Crippen LogP contribution < -0.4 is 0 Å². The molecule has 1 rings (SSSR count). The van der Waals surface area contributed by atoms with Gasteiger partial charge in [-0.15, -0.1) is 0 Å². The average Bonchev–Trinajstić information content (AvgIpc) is 2.16. The minimum Gasteiger partial charge on any atom is -0.481 e. The van der Waals surface area contributed by atoms with E-state index in [-0.39, 0.29) is 0 Å². The molecule has 0 heterocycles. The summed E-state index contributed by atoms with van der Waals surface area (Å²) in [5.74, 6) is -0.907. The molecule has 0 aromatic heterocycles. The maximum absolute atomic E-state index is 11.2. The van der Waals surface area contributed by atoms with Gasteiger partial charge < -0.3 is 10.2 Å². The molecule has 1 aromatic carbocycles. The molecule has 0 bridgehead atoms. The predicted octanol–water partition coefficient (Wildman–Crippen LogP) is 2.51. The number of carboxylic acids is 1. The highest BCUT2D eigenvalue weighted by Gasteiger charge is 2.39. The lowest BCUT2D eigenvalue weighted by atomic mass is 10.1. The molecule has 0 saturated heterocycles. The molecular weight excluding hydrogens is 220 g/mol. The molecule has 0 amide bonds. The second-order valence-corrected chi connectivity index (χ2v) is 10.4. The first-order valence-corrected chi connectivity index (χ1v) is 8.87. The average molecular weight is 238 g/mol. The smallest absolute Gasteiger partial charge is 0.306 e. The van der Waals surface area contributed by atoms with E-state index in [0.717, 1.165) is 0 Å². The van der Waals surface area contributed by atoms with Crippen molar-refractivity contribution in [3.05, 3.63) is 35.9 Å². The Morgan fingerprint density at radius 1 is 1.19 bits per heavy atom.